The van der Waals surface area contributed by atoms with Gasteiger partial charge in [-0.2, -0.15) is 0 Å². The Morgan fingerprint density at radius 2 is 2.06 bits per heavy atom. The summed E-state index contributed by atoms with van der Waals surface area (Å²) in [7, 11) is 0. The van der Waals surface area contributed by atoms with Crippen molar-refractivity contribution in [1.82, 2.24) is 4.98 Å². The maximum Gasteiger partial charge on any atom is 0.0927 e. The topological polar surface area (TPSA) is 12.9 Å². The summed E-state index contributed by atoms with van der Waals surface area (Å²) in [6.45, 7) is 4.69. The first-order chi connectivity index (χ1) is 8.85. The SMILES string of the molecule is CCCCCC1CCC(Cc2nccs2)C1CC. The fourth-order valence-corrected chi connectivity index (χ4v) is 4.47. The number of rotatable bonds is 7. The van der Waals surface area contributed by atoms with Gasteiger partial charge >= 0.3 is 0 Å². The third-order valence-electron chi connectivity index (χ3n) is 4.69. The highest BCUT2D eigenvalue weighted by molar-refractivity contribution is 7.09. The van der Waals surface area contributed by atoms with Crippen LogP contribution in [0.1, 0.15) is 63.8 Å². The van der Waals surface area contributed by atoms with Crippen LogP contribution in [0.3, 0.4) is 0 Å². The summed E-state index contributed by atoms with van der Waals surface area (Å²) >= 11 is 1.83. The average molecular weight is 265 g/mol. The van der Waals surface area contributed by atoms with E-state index in [1.807, 2.05) is 17.5 Å². The molecule has 1 aliphatic carbocycles. The van der Waals surface area contributed by atoms with Crippen molar-refractivity contribution in [3.05, 3.63) is 16.6 Å². The molecule has 0 spiro atoms. The van der Waals surface area contributed by atoms with Crippen molar-refractivity contribution < 1.29 is 0 Å². The van der Waals surface area contributed by atoms with Gasteiger partial charge in [0.2, 0.25) is 0 Å². The molecular formula is C16H27NS. The Morgan fingerprint density at radius 1 is 1.22 bits per heavy atom. The maximum absolute atomic E-state index is 4.47. The van der Waals surface area contributed by atoms with Crippen LogP contribution < -0.4 is 0 Å². The standard InChI is InChI=1S/C16H27NS/c1-3-5-6-7-13-8-9-14(15(13)4-2)12-16-17-10-11-18-16/h10-11,13-15H,3-9,12H2,1-2H3. The molecule has 18 heavy (non-hydrogen) atoms. The van der Waals surface area contributed by atoms with E-state index < -0.39 is 0 Å². The van der Waals surface area contributed by atoms with E-state index in [1.54, 1.807) is 0 Å². The van der Waals surface area contributed by atoms with Gasteiger partial charge in [0.15, 0.2) is 0 Å². The molecule has 1 fully saturated rings. The van der Waals surface area contributed by atoms with Crippen molar-refractivity contribution in [3.8, 4) is 0 Å². The average Bonchev–Trinajstić information content (AvgIpc) is 3.00. The molecule has 1 saturated carbocycles. The molecule has 0 aromatic carbocycles. The van der Waals surface area contributed by atoms with Crippen LogP contribution in [0.15, 0.2) is 11.6 Å². The minimum absolute atomic E-state index is 0.910. The van der Waals surface area contributed by atoms with Gasteiger partial charge in [0, 0.05) is 18.0 Å². The molecular weight excluding hydrogens is 238 g/mol. The highest BCUT2D eigenvalue weighted by atomic mass is 32.1. The molecule has 0 N–H and O–H groups in total. The van der Waals surface area contributed by atoms with Crippen molar-refractivity contribution in [2.45, 2.75) is 65.2 Å². The molecule has 2 rings (SSSR count). The molecule has 0 radical (unpaired) electrons. The van der Waals surface area contributed by atoms with Gasteiger partial charge in [-0.1, -0.05) is 46.0 Å². The van der Waals surface area contributed by atoms with E-state index in [0.29, 0.717) is 0 Å². The van der Waals surface area contributed by atoms with E-state index >= 15 is 0 Å². The van der Waals surface area contributed by atoms with E-state index in [4.69, 9.17) is 0 Å². The summed E-state index contributed by atoms with van der Waals surface area (Å²) < 4.78 is 0. The van der Waals surface area contributed by atoms with Gasteiger partial charge in [-0.15, -0.1) is 11.3 Å². The number of hydrogen-bond acceptors (Lipinski definition) is 2. The second-order valence-corrected chi connectivity index (χ2v) is 6.77. The summed E-state index contributed by atoms with van der Waals surface area (Å²) in [5, 5.41) is 3.47. The maximum atomic E-state index is 4.47. The van der Waals surface area contributed by atoms with E-state index in [2.05, 4.69) is 24.2 Å². The Labute approximate surface area is 116 Å². The lowest BCUT2D eigenvalue weighted by molar-refractivity contribution is 0.281. The number of thiazole rings is 1. The van der Waals surface area contributed by atoms with E-state index in [9.17, 15) is 0 Å². The number of hydrogen-bond donors (Lipinski definition) is 0. The third-order valence-corrected chi connectivity index (χ3v) is 5.49. The van der Waals surface area contributed by atoms with Gasteiger partial charge in [0.05, 0.1) is 5.01 Å². The zero-order valence-electron chi connectivity index (χ0n) is 11.9. The normalized spacial score (nSPS) is 27.8. The van der Waals surface area contributed by atoms with Crippen molar-refractivity contribution >= 4 is 11.3 Å². The summed E-state index contributed by atoms with van der Waals surface area (Å²) in [5.41, 5.74) is 0. The Hall–Kier alpha value is -0.370. The Morgan fingerprint density at radius 3 is 2.72 bits per heavy atom. The van der Waals surface area contributed by atoms with Gasteiger partial charge in [0.25, 0.3) is 0 Å². The van der Waals surface area contributed by atoms with Crippen LogP contribution in [0.2, 0.25) is 0 Å². The quantitative estimate of drug-likeness (QED) is 0.608. The van der Waals surface area contributed by atoms with Crippen molar-refractivity contribution in [3.63, 3.8) is 0 Å². The van der Waals surface area contributed by atoms with Crippen LogP contribution in [0, 0.1) is 17.8 Å². The van der Waals surface area contributed by atoms with Gasteiger partial charge in [-0.05, 0) is 30.6 Å². The Balaban J connectivity index is 1.85. The smallest absolute Gasteiger partial charge is 0.0927 e. The predicted octanol–water partition coefficient (Wildman–Crippen LogP) is 5.32. The number of unbranched alkanes of at least 4 members (excludes halogenated alkanes) is 2. The predicted molar refractivity (Wildman–Crippen MR) is 80.0 cm³/mol. The highest BCUT2D eigenvalue weighted by Crippen LogP contribution is 2.43. The summed E-state index contributed by atoms with van der Waals surface area (Å²) in [6.07, 6.45) is 13.2. The van der Waals surface area contributed by atoms with E-state index in [1.165, 1.54) is 56.4 Å². The van der Waals surface area contributed by atoms with Crippen molar-refractivity contribution in [2.24, 2.45) is 17.8 Å². The van der Waals surface area contributed by atoms with E-state index in [0.717, 1.165) is 17.8 Å². The fraction of sp³-hybridized carbons (Fsp3) is 0.812. The van der Waals surface area contributed by atoms with Crippen molar-refractivity contribution in [1.29, 1.82) is 0 Å². The molecule has 0 aliphatic heterocycles. The van der Waals surface area contributed by atoms with E-state index in [-0.39, 0.29) is 0 Å². The van der Waals surface area contributed by atoms with Gasteiger partial charge < -0.3 is 0 Å². The van der Waals surface area contributed by atoms with Crippen LogP contribution in [-0.4, -0.2) is 4.98 Å². The third kappa shape index (κ3) is 3.57. The minimum atomic E-state index is 0.910. The minimum Gasteiger partial charge on any atom is -0.250 e. The molecule has 0 bridgehead atoms. The first-order valence-electron chi connectivity index (χ1n) is 7.73. The Kier molecular flexibility index (Phi) is 5.68. The second-order valence-electron chi connectivity index (χ2n) is 5.80. The lowest BCUT2D eigenvalue weighted by Crippen LogP contribution is -2.16. The van der Waals surface area contributed by atoms with Gasteiger partial charge in [0.1, 0.15) is 0 Å². The molecule has 0 amide bonds. The van der Waals surface area contributed by atoms with Gasteiger partial charge in [-0.25, -0.2) is 4.98 Å². The lowest BCUT2D eigenvalue weighted by Gasteiger charge is -2.23. The number of nitrogens with zero attached hydrogens (tertiary/aromatic N) is 1. The van der Waals surface area contributed by atoms with Crippen LogP contribution in [0.4, 0.5) is 0 Å². The number of aromatic nitrogens is 1. The molecule has 1 aromatic heterocycles. The van der Waals surface area contributed by atoms with Crippen LogP contribution in [-0.2, 0) is 6.42 Å². The zero-order chi connectivity index (χ0) is 12.8. The molecule has 1 aliphatic rings. The second kappa shape index (κ2) is 7.28. The summed E-state index contributed by atoms with van der Waals surface area (Å²) in [6, 6.07) is 0. The molecule has 3 atom stereocenters. The monoisotopic (exact) mass is 265 g/mol. The molecule has 1 heterocycles. The highest BCUT2D eigenvalue weighted by Gasteiger charge is 2.34. The molecule has 102 valence electrons. The molecule has 1 aromatic rings. The summed E-state index contributed by atoms with van der Waals surface area (Å²) in [5.74, 6) is 2.88. The molecule has 3 unspecified atom stereocenters. The summed E-state index contributed by atoms with van der Waals surface area (Å²) in [4.78, 5) is 4.47. The molecule has 0 saturated heterocycles. The molecule has 2 heteroatoms. The van der Waals surface area contributed by atoms with Crippen LogP contribution in [0.5, 0.6) is 0 Å². The van der Waals surface area contributed by atoms with Crippen LogP contribution in [0.25, 0.3) is 0 Å². The zero-order valence-corrected chi connectivity index (χ0v) is 12.7. The first-order valence-corrected chi connectivity index (χ1v) is 8.61. The first kappa shape index (κ1) is 14.0. The Bertz CT molecular complexity index is 320. The fourth-order valence-electron chi connectivity index (χ4n) is 3.75. The van der Waals surface area contributed by atoms with Crippen molar-refractivity contribution in [2.75, 3.05) is 0 Å². The van der Waals surface area contributed by atoms with Crippen LogP contribution >= 0.6 is 11.3 Å². The molecule has 1 nitrogen and oxygen atoms in total. The largest absolute Gasteiger partial charge is 0.250 e. The lowest BCUT2D eigenvalue weighted by atomic mass is 9.83. The van der Waals surface area contributed by atoms with Gasteiger partial charge in [-0.3, -0.25) is 0 Å².